The van der Waals surface area contributed by atoms with Crippen LogP contribution in [0.1, 0.15) is 19.4 Å². The van der Waals surface area contributed by atoms with Gasteiger partial charge in [-0.25, -0.2) is 10.4 Å². The molecule has 0 atom stereocenters. The van der Waals surface area contributed by atoms with Crippen LogP contribution in [0.2, 0.25) is 0 Å². The van der Waals surface area contributed by atoms with Gasteiger partial charge < -0.3 is 9.64 Å². The van der Waals surface area contributed by atoms with Gasteiger partial charge in [0.05, 0.1) is 25.6 Å². The Hall–Kier alpha value is -1.21. The minimum absolute atomic E-state index is 0.209. The predicted octanol–water partition coefficient (Wildman–Crippen LogP) is 1.93. The molecule has 3 rings (SSSR count). The highest BCUT2D eigenvalue weighted by Gasteiger charge is 2.41. The number of rotatable bonds is 3. The number of ether oxygens (including phenoxy) is 1. The van der Waals surface area contributed by atoms with E-state index in [-0.39, 0.29) is 5.66 Å². The number of benzene rings is 1. The fourth-order valence-corrected chi connectivity index (χ4v) is 3.30. The molecule has 0 saturated carbocycles. The molecule has 0 amide bonds. The maximum atomic E-state index is 5.74. The highest BCUT2D eigenvalue weighted by Crippen LogP contribution is 2.27. The lowest BCUT2D eigenvalue weighted by atomic mass is 10.2. The number of hydrogen-bond donors (Lipinski definition) is 1. The Labute approximate surface area is 137 Å². The monoisotopic (exact) mass is 320 g/mol. The second-order valence-electron chi connectivity index (χ2n) is 6.43. The summed E-state index contributed by atoms with van der Waals surface area (Å²) in [5, 5.41) is 2.84. The molecular weight excluding hydrogens is 296 g/mol. The first kappa shape index (κ1) is 15.7. The predicted molar refractivity (Wildman–Crippen MR) is 92.6 cm³/mol. The summed E-state index contributed by atoms with van der Waals surface area (Å²) in [4.78, 5) is 4.63. The van der Waals surface area contributed by atoms with Crippen LogP contribution in [0.3, 0.4) is 0 Å². The Balaban J connectivity index is 1.78. The largest absolute Gasteiger partial charge is 0.379 e. The molecule has 0 aromatic heterocycles. The van der Waals surface area contributed by atoms with Crippen molar-refractivity contribution in [1.29, 1.82) is 0 Å². The molecule has 0 unspecified atom stereocenters. The van der Waals surface area contributed by atoms with Crippen molar-refractivity contribution in [2.45, 2.75) is 26.4 Å². The lowest BCUT2D eigenvalue weighted by molar-refractivity contribution is 0.00882. The highest BCUT2D eigenvalue weighted by atomic mass is 32.1. The Kier molecular flexibility index (Phi) is 4.36. The molecule has 0 aliphatic carbocycles. The molecular formula is C16H24N4OS. The van der Waals surface area contributed by atoms with Crippen molar-refractivity contribution in [2.24, 2.45) is 0 Å². The first-order valence-corrected chi connectivity index (χ1v) is 8.14. The van der Waals surface area contributed by atoms with Gasteiger partial charge in [-0.05, 0) is 50.7 Å². The van der Waals surface area contributed by atoms with Crippen LogP contribution in [-0.2, 0) is 4.74 Å². The Bertz CT molecular complexity index is 557. The lowest BCUT2D eigenvalue weighted by Crippen LogP contribution is -2.53. The Morgan fingerprint density at radius 2 is 2.00 bits per heavy atom. The van der Waals surface area contributed by atoms with Crippen molar-refractivity contribution in [2.75, 3.05) is 38.0 Å². The van der Waals surface area contributed by atoms with Gasteiger partial charge in [-0.3, -0.25) is 4.90 Å². The van der Waals surface area contributed by atoms with Crippen molar-refractivity contribution in [1.82, 2.24) is 15.2 Å². The zero-order valence-corrected chi connectivity index (χ0v) is 14.3. The van der Waals surface area contributed by atoms with Crippen molar-refractivity contribution in [3.05, 3.63) is 29.8 Å². The lowest BCUT2D eigenvalue weighted by Gasteiger charge is -2.36. The topological polar surface area (TPSA) is 31.0 Å². The minimum Gasteiger partial charge on any atom is -0.379 e. The molecule has 2 saturated heterocycles. The number of morpholine rings is 1. The summed E-state index contributed by atoms with van der Waals surface area (Å²) in [5.41, 5.74) is 5.63. The van der Waals surface area contributed by atoms with Crippen LogP contribution in [0.4, 0.5) is 5.69 Å². The van der Waals surface area contributed by atoms with Gasteiger partial charge in [0.1, 0.15) is 5.66 Å². The Morgan fingerprint density at radius 1 is 1.27 bits per heavy atom. The summed E-state index contributed by atoms with van der Waals surface area (Å²) in [5.74, 6) is 0. The SMILES string of the molecule is Cc1cccc(N2NC(C)(C)N(CN3CCOCC3)C2=S)c1. The summed E-state index contributed by atoms with van der Waals surface area (Å²) in [6.45, 7) is 10.8. The van der Waals surface area contributed by atoms with Crippen molar-refractivity contribution in [3.63, 3.8) is 0 Å². The molecule has 0 radical (unpaired) electrons. The maximum Gasteiger partial charge on any atom is 0.193 e. The molecule has 0 spiro atoms. The number of nitrogens with zero attached hydrogens (tertiary/aromatic N) is 3. The number of nitrogens with one attached hydrogen (secondary N) is 1. The van der Waals surface area contributed by atoms with E-state index in [0.29, 0.717) is 0 Å². The van der Waals surface area contributed by atoms with Gasteiger partial charge in [0.15, 0.2) is 5.11 Å². The molecule has 5 nitrogen and oxygen atoms in total. The summed E-state index contributed by atoms with van der Waals surface area (Å²) in [7, 11) is 0. The first-order chi connectivity index (χ1) is 10.5. The van der Waals surface area contributed by atoms with Gasteiger partial charge in [-0.15, -0.1) is 0 Å². The second kappa shape index (κ2) is 6.12. The number of hydrogen-bond acceptors (Lipinski definition) is 4. The normalized spacial score (nSPS) is 22.4. The third-order valence-corrected chi connectivity index (χ3v) is 4.59. The average Bonchev–Trinajstić information content (AvgIpc) is 2.72. The molecule has 1 aromatic rings. The van der Waals surface area contributed by atoms with Crippen molar-refractivity contribution < 1.29 is 4.74 Å². The van der Waals surface area contributed by atoms with E-state index >= 15 is 0 Å². The van der Waals surface area contributed by atoms with Crippen LogP contribution >= 0.6 is 12.2 Å². The van der Waals surface area contributed by atoms with Gasteiger partial charge in [0.2, 0.25) is 0 Å². The number of hydrazine groups is 1. The quantitative estimate of drug-likeness (QED) is 0.857. The molecule has 2 heterocycles. The van der Waals surface area contributed by atoms with E-state index in [2.05, 4.69) is 60.3 Å². The van der Waals surface area contributed by atoms with Gasteiger partial charge in [0, 0.05) is 13.1 Å². The summed E-state index contributed by atoms with van der Waals surface area (Å²) < 4.78 is 5.43. The molecule has 2 aliphatic heterocycles. The van der Waals surface area contributed by atoms with E-state index in [1.807, 2.05) is 5.01 Å². The van der Waals surface area contributed by atoms with Crippen LogP contribution in [0.5, 0.6) is 0 Å². The van der Waals surface area contributed by atoms with E-state index in [0.717, 1.165) is 43.8 Å². The molecule has 120 valence electrons. The average molecular weight is 320 g/mol. The maximum absolute atomic E-state index is 5.74. The zero-order valence-electron chi connectivity index (χ0n) is 13.5. The van der Waals surface area contributed by atoms with Crippen LogP contribution in [0.25, 0.3) is 0 Å². The molecule has 2 aliphatic rings. The first-order valence-electron chi connectivity index (χ1n) is 7.74. The molecule has 2 fully saturated rings. The Morgan fingerprint density at radius 3 is 2.68 bits per heavy atom. The number of thiocarbonyl (C=S) groups is 1. The van der Waals surface area contributed by atoms with Gasteiger partial charge in [-0.1, -0.05) is 12.1 Å². The van der Waals surface area contributed by atoms with Gasteiger partial charge in [0.25, 0.3) is 0 Å². The molecule has 6 heteroatoms. The highest BCUT2D eigenvalue weighted by molar-refractivity contribution is 7.80. The standard InChI is InChI=1S/C16H24N4OS/c1-13-5-4-6-14(11-13)20-15(22)19(16(2,3)17-20)12-18-7-9-21-10-8-18/h4-6,11,17H,7-10,12H2,1-3H3. The molecule has 1 N–H and O–H groups in total. The van der Waals surface area contributed by atoms with E-state index in [1.54, 1.807) is 0 Å². The van der Waals surface area contributed by atoms with Crippen LogP contribution in [0.15, 0.2) is 24.3 Å². The number of aryl methyl sites for hydroxylation is 1. The van der Waals surface area contributed by atoms with E-state index in [1.165, 1.54) is 5.56 Å². The fraction of sp³-hybridized carbons (Fsp3) is 0.562. The summed E-state index contributed by atoms with van der Waals surface area (Å²) in [6.07, 6.45) is 0. The number of anilines is 1. The van der Waals surface area contributed by atoms with Crippen molar-refractivity contribution in [3.8, 4) is 0 Å². The van der Waals surface area contributed by atoms with Gasteiger partial charge >= 0.3 is 0 Å². The fourth-order valence-electron chi connectivity index (χ4n) is 2.86. The second-order valence-corrected chi connectivity index (χ2v) is 6.79. The van der Waals surface area contributed by atoms with E-state index in [4.69, 9.17) is 17.0 Å². The molecule has 1 aromatic carbocycles. The zero-order chi connectivity index (χ0) is 15.7. The summed E-state index contributed by atoms with van der Waals surface area (Å²) in [6, 6.07) is 8.39. The van der Waals surface area contributed by atoms with E-state index < -0.39 is 0 Å². The molecule has 0 bridgehead atoms. The summed E-state index contributed by atoms with van der Waals surface area (Å²) >= 11 is 5.74. The smallest absolute Gasteiger partial charge is 0.193 e. The minimum atomic E-state index is -0.209. The van der Waals surface area contributed by atoms with Crippen molar-refractivity contribution >= 4 is 23.0 Å². The van der Waals surface area contributed by atoms with Gasteiger partial charge in [-0.2, -0.15) is 0 Å². The molecule has 22 heavy (non-hydrogen) atoms. The van der Waals surface area contributed by atoms with E-state index in [9.17, 15) is 0 Å². The van der Waals surface area contributed by atoms with Crippen LogP contribution in [-0.4, -0.2) is 53.5 Å². The third-order valence-electron chi connectivity index (χ3n) is 4.19. The third kappa shape index (κ3) is 3.10. The van der Waals surface area contributed by atoms with Crippen LogP contribution in [0, 0.1) is 6.92 Å². The van der Waals surface area contributed by atoms with Crippen LogP contribution < -0.4 is 10.4 Å².